The average Bonchev–Trinajstić information content (AvgIpc) is 3.04. The van der Waals surface area contributed by atoms with E-state index in [0.29, 0.717) is 25.6 Å². The summed E-state index contributed by atoms with van der Waals surface area (Å²) in [4.78, 5) is 8.70. The zero-order valence-electron chi connectivity index (χ0n) is 13.0. The van der Waals surface area contributed by atoms with Crippen LogP contribution in [0.3, 0.4) is 0 Å². The van der Waals surface area contributed by atoms with Crippen molar-refractivity contribution in [3.05, 3.63) is 48.0 Å². The fraction of sp³-hybridized carbons (Fsp3) is 0.375. The highest BCUT2D eigenvalue weighted by Crippen LogP contribution is 2.10. The molecule has 0 spiro atoms. The molecule has 0 aliphatic rings. The van der Waals surface area contributed by atoms with Gasteiger partial charge in [0.2, 0.25) is 5.88 Å². The van der Waals surface area contributed by atoms with Crippen molar-refractivity contribution < 1.29 is 9.15 Å². The molecule has 0 atom stereocenters. The normalized spacial score (nSPS) is 11.3. The Bertz CT molecular complexity index is 582. The first-order chi connectivity index (χ1) is 10.8. The minimum absolute atomic E-state index is 0.552. The monoisotopic (exact) mass is 302 g/mol. The van der Waals surface area contributed by atoms with E-state index >= 15 is 0 Å². The Morgan fingerprint density at radius 1 is 1.32 bits per heavy atom. The first-order valence-corrected chi connectivity index (χ1v) is 7.44. The molecule has 0 aliphatic heterocycles. The summed E-state index contributed by atoms with van der Waals surface area (Å²) in [5.41, 5.74) is 1.05. The molecular weight excluding hydrogens is 280 g/mol. The Kier molecular flexibility index (Phi) is 6.29. The van der Waals surface area contributed by atoms with Gasteiger partial charge >= 0.3 is 0 Å². The Labute approximate surface area is 130 Å². The lowest BCUT2D eigenvalue weighted by Crippen LogP contribution is -2.36. The molecule has 22 heavy (non-hydrogen) atoms. The van der Waals surface area contributed by atoms with Gasteiger partial charge in [0.15, 0.2) is 5.96 Å². The van der Waals surface area contributed by atoms with Crippen LogP contribution < -0.4 is 15.4 Å². The van der Waals surface area contributed by atoms with Crippen LogP contribution in [0.4, 0.5) is 0 Å². The minimum atomic E-state index is 0.552. The lowest BCUT2D eigenvalue weighted by molar-refractivity contribution is 0.326. The van der Waals surface area contributed by atoms with Crippen molar-refractivity contribution in [2.75, 3.05) is 13.2 Å². The van der Waals surface area contributed by atoms with Gasteiger partial charge in [-0.15, -0.1) is 0 Å². The van der Waals surface area contributed by atoms with Crippen molar-refractivity contribution in [3.8, 4) is 5.88 Å². The number of nitrogens with one attached hydrogen (secondary N) is 2. The SMILES string of the molecule is CCNC(=NCc1ccnc(OCC)c1)NCc1ccco1. The van der Waals surface area contributed by atoms with Crippen molar-refractivity contribution in [3.63, 3.8) is 0 Å². The van der Waals surface area contributed by atoms with Gasteiger partial charge < -0.3 is 19.8 Å². The molecule has 2 rings (SSSR count). The van der Waals surface area contributed by atoms with E-state index in [2.05, 4.69) is 20.6 Å². The second kappa shape index (κ2) is 8.71. The van der Waals surface area contributed by atoms with Gasteiger partial charge in [0.1, 0.15) is 5.76 Å². The van der Waals surface area contributed by atoms with Crippen molar-refractivity contribution in [2.45, 2.75) is 26.9 Å². The molecule has 2 aromatic heterocycles. The quantitative estimate of drug-likeness (QED) is 0.607. The molecule has 6 heteroatoms. The number of ether oxygens (including phenoxy) is 1. The fourth-order valence-corrected chi connectivity index (χ4v) is 1.87. The summed E-state index contributed by atoms with van der Waals surface area (Å²) < 4.78 is 10.7. The number of aromatic nitrogens is 1. The maximum Gasteiger partial charge on any atom is 0.213 e. The van der Waals surface area contributed by atoms with E-state index in [-0.39, 0.29) is 0 Å². The number of nitrogens with zero attached hydrogens (tertiary/aromatic N) is 2. The summed E-state index contributed by atoms with van der Waals surface area (Å²) in [7, 11) is 0. The van der Waals surface area contributed by atoms with Crippen LogP contribution >= 0.6 is 0 Å². The molecule has 0 saturated carbocycles. The maximum absolute atomic E-state index is 5.39. The molecule has 2 heterocycles. The van der Waals surface area contributed by atoms with Gasteiger partial charge in [-0.1, -0.05) is 0 Å². The predicted molar refractivity (Wildman–Crippen MR) is 85.8 cm³/mol. The van der Waals surface area contributed by atoms with Gasteiger partial charge in [0, 0.05) is 18.8 Å². The zero-order valence-corrected chi connectivity index (χ0v) is 13.0. The topological polar surface area (TPSA) is 71.7 Å². The summed E-state index contributed by atoms with van der Waals surface area (Å²) in [6.45, 7) is 6.52. The molecule has 0 unspecified atom stereocenters. The Morgan fingerprint density at radius 3 is 2.95 bits per heavy atom. The number of aliphatic imine (C=N–C) groups is 1. The Morgan fingerprint density at radius 2 is 2.23 bits per heavy atom. The molecule has 0 aromatic carbocycles. The van der Waals surface area contributed by atoms with E-state index in [1.54, 1.807) is 12.5 Å². The lowest BCUT2D eigenvalue weighted by atomic mass is 10.3. The van der Waals surface area contributed by atoms with Gasteiger partial charge in [-0.25, -0.2) is 9.98 Å². The molecule has 0 amide bonds. The number of hydrogen-bond acceptors (Lipinski definition) is 4. The van der Waals surface area contributed by atoms with E-state index in [0.717, 1.165) is 23.8 Å². The van der Waals surface area contributed by atoms with Crippen LogP contribution in [0, 0.1) is 0 Å². The van der Waals surface area contributed by atoms with Gasteiger partial charge in [-0.2, -0.15) is 0 Å². The third-order valence-corrected chi connectivity index (χ3v) is 2.87. The second-order valence-electron chi connectivity index (χ2n) is 4.56. The van der Waals surface area contributed by atoms with Crippen LogP contribution in [0.15, 0.2) is 46.1 Å². The molecule has 118 valence electrons. The molecule has 0 fully saturated rings. The van der Waals surface area contributed by atoms with Crippen LogP contribution in [0.2, 0.25) is 0 Å². The van der Waals surface area contributed by atoms with E-state index in [1.807, 2.05) is 38.1 Å². The summed E-state index contributed by atoms with van der Waals surface area (Å²) in [5, 5.41) is 6.44. The van der Waals surface area contributed by atoms with Gasteiger partial charge in [0.25, 0.3) is 0 Å². The smallest absolute Gasteiger partial charge is 0.213 e. The van der Waals surface area contributed by atoms with Crippen LogP contribution in [0.25, 0.3) is 0 Å². The van der Waals surface area contributed by atoms with E-state index in [9.17, 15) is 0 Å². The Hall–Kier alpha value is -2.50. The van der Waals surface area contributed by atoms with Gasteiger partial charge in [-0.05, 0) is 37.6 Å². The largest absolute Gasteiger partial charge is 0.478 e. The first-order valence-electron chi connectivity index (χ1n) is 7.44. The zero-order chi connectivity index (χ0) is 15.6. The highest BCUT2D eigenvalue weighted by molar-refractivity contribution is 5.79. The number of pyridine rings is 1. The van der Waals surface area contributed by atoms with Crippen LogP contribution in [0.1, 0.15) is 25.2 Å². The first kappa shape index (κ1) is 15.9. The lowest BCUT2D eigenvalue weighted by Gasteiger charge is -2.10. The number of hydrogen-bond donors (Lipinski definition) is 2. The molecule has 2 aromatic rings. The third-order valence-electron chi connectivity index (χ3n) is 2.87. The van der Waals surface area contributed by atoms with E-state index < -0.39 is 0 Å². The van der Waals surface area contributed by atoms with Gasteiger partial charge in [-0.3, -0.25) is 0 Å². The average molecular weight is 302 g/mol. The molecule has 0 saturated heterocycles. The predicted octanol–water partition coefficient (Wildman–Crippen LogP) is 2.33. The summed E-state index contributed by atoms with van der Waals surface area (Å²) >= 11 is 0. The van der Waals surface area contributed by atoms with Gasteiger partial charge in [0.05, 0.1) is 26.0 Å². The summed E-state index contributed by atoms with van der Waals surface area (Å²) in [6.07, 6.45) is 3.40. The summed E-state index contributed by atoms with van der Waals surface area (Å²) in [6, 6.07) is 7.63. The number of guanidine groups is 1. The molecule has 6 nitrogen and oxygen atoms in total. The molecule has 0 radical (unpaired) electrons. The highest BCUT2D eigenvalue weighted by Gasteiger charge is 2.01. The van der Waals surface area contributed by atoms with E-state index in [4.69, 9.17) is 9.15 Å². The standard InChI is InChI=1S/C16H22N4O2/c1-3-17-16(20-12-14-6-5-9-22-14)19-11-13-7-8-18-15(10-13)21-4-2/h5-10H,3-4,11-12H2,1-2H3,(H2,17,19,20). The third kappa shape index (κ3) is 5.12. The minimum Gasteiger partial charge on any atom is -0.478 e. The summed E-state index contributed by atoms with van der Waals surface area (Å²) in [5.74, 6) is 2.24. The molecule has 0 aliphatic carbocycles. The highest BCUT2D eigenvalue weighted by atomic mass is 16.5. The van der Waals surface area contributed by atoms with Crippen molar-refractivity contribution in [2.24, 2.45) is 4.99 Å². The Balaban J connectivity index is 1.95. The van der Waals surface area contributed by atoms with Crippen molar-refractivity contribution in [1.82, 2.24) is 15.6 Å². The van der Waals surface area contributed by atoms with Crippen molar-refractivity contribution in [1.29, 1.82) is 0 Å². The maximum atomic E-state index is 5.39. The fourth-order valence-electron chi connectivity index (χ4n) is 1.87. The molecule has 0 bridgehead atoms. The van der Waals surface area contributed by atoms with Crippen molar-refractivity contribution >= 4 is 5.96 Å². The van der Waals surface area contributed by atoms with Crippen LogP contribution in [-0.2, 0) is 13.1 Å². The number of furan rings is 1. The van der Waals surface area contributed by atoms with Crippen LogP contribution in [0.5, 0.6) is 5.88 Å². The van der Waals surface area contributed by atoms with E-state index in [1.165, 1.54) is 0 Å². The second-order valence-corrected chi connectivity index (χ2v) is 4.56. The van der Waals surface area contributed by atoms with Crippen LogP contribution in [-0.4, -0.2) is 24.1 Å². The molecule has 2 N–H and O–H groups in total. The molecular formula is C16H22N4O2. The number of rotatable bonds is 7.